The Hall–Kier alpha value is -0.610. The third kappa shape index (κ3) is 2.92. The lowest BCUT2D eigenvalue weighted by atomic mass is 10.2. The van der Waals surface area contributed by atoms with Gasteiger partial charge in [0.15, 0.2) is 0 Å². The Morgan fingerprint density at radius 2 is 2.13 bits per heavy atom. The van der Waals surface area contributed by atoms with Crippen molar-refractivity contribution in [2.75, 3.05) is 32.8 Å². The maximum absolute atomic E-state index is 12.0. The lowest BCUT2D eigenvalue weighted by molar-refractivity contribution is -0.141. The molecule has 0 aromatic carbocycles. The molecule has 1 N–H and O–H groups in total. The zero-order chi connectivity index (χ0) is 10.5. The highest BCUT2D eigenvalue weighted by atomic mass is 16.5. The highest BCUT2D eigenvalue weighted by Crippen LogP contribution is 2.15. The van der Waals surface area contributed by atoms with Gasteiger partial charge >= 0.3 is 0 Å². The number of amides is 1. The maximum Gasteiger partial charge on any atom is 0.251 e. The first kappa shape index (κ1) is 10.9. The fraction of sp³-hybridized carbons (Fsp3) is 0.909. The Kier molecular flexibility index (Phi) is 3.97. The number of ether oxygens (including phenoxy) is 1. The summed E-state index contributed by atoms with van der Waals surface area (Å²) in [6.45, 7) is 4.49. The van der Waals surface area contributed by atoms with Crippen molar-refractivity contribution in [2.24, 2.45) is 0 Å². The summed E-state index contributed by atoms with van der Waals surface area (Å²) in [5, 5.41) is 3.33. The van der Waals surface area contributed by atoms with E-state index in [2.05, 4.69) is 5.32 Å². The van der Waals surface area contributed by atoms with Gasteiger partial charge in [0, 0.05) is 26.2 Å². The first-order chi connectivity index (χ1) is 7.38. The van der Waals surface area contributed by atoms with E-state index >= 15 is 0 Å². The van der Waals surface area contributed by atoms with Crippen LogP contribution in [0.15, 0.2) is 0 Å². The molecule has 1 atom stereocenters. The molecular formula is C11H20N2O2. The van der Waals surface area contributed by atoms with Gasteiger partial charge in [-0.05, 0) is 32.2 Å². The van der Waals surface area contributed by atoms with E-state index in [-0.39, 0.29) is 12.0 Å². The summed E-state index contributed by atoms with van der Waals surface area (Å²) < 4.78 is 5.43. The molecule has 2 heterocycles. The van der Waals surface area contributed by atoms with E-state index in [0.717, 1.165) is 58.5 Å². The van der Waals surface area contributed by atoms with Crippen molar-refractivity contribution in [2.45, 2.75) is 31.8 Å². The molecule has 0 saturated carbocycles. The molecule has 0 aliphatic carbocycles. The number of nitrogens with zero attached hydrogens (tertiary/aromatic N) is 1. The molecule has 86 valence electrons. The Bertz CT molecular complexity index is 207. The van der Waals surface area contributed by atoms with Gasteiger partial charge < -0.3 is 15.0 Å². The molecule has 15 heavy (non-hydrogen) atoms. The smallest absolute Gasteiger partial charge is 0.251 e. The molecule has 2 aliphatic heterocycles. The molecule has 0 bridgehead atoms. The fourth-order valence-electron chi connectivity index (χ4n) is 2.20. The minimum absolute atomic E-state index is 0.149. The summed E-state index contributed by atoms with van der Waals surface area (Å²) in [5.74, 6) is 0.205. The van der Waals surface area contributed by atoms with E-state index in [1.165, 1.54) is 0 Å². The van der Waals surface area contributed by atoms with Crippen LogP contribution < -0.4 is 5.32 Å². The molecule has 0 aromatic rings. The summed E-state index contributed by atoms with van der Waals surface area (Å²) in [4.78, 5) is 14.0. The van der Waals surface area contributed by atoms with Gasteiger partial charge in [0.1, 0.15) is 6.10 Å². The van der Waals surface area contributed by atoms with Crippen LogP contribution in [0.3, 0.4) is 0 Å². The highest BCUT2D eigenvalue weighted by molar-refractivity contribution is 5.81. The summed E-state index contributed by atoms with van der Waals surface area (Å²) >= 11 is 0. The number of rotatable bonds is 1. The van der Waals surface area contributed by atoms with Crippen molar-refractivity contribution in [3.63, 3.8) is 0 Å². The van der Waals surface area contributed by atoms with Crippen LogP contribution in [0.1, 0.15) is 25.7 Å². The third-order valence-electron chi connectivity index (χ3n) is 3.11. The third-order valence-corrected chi connectivity index (χ3v) is 3.11. The molecule has 1 amide bonds. The molecule has 0 aromatic heterocycles. The van der Waals surface area contributed by atoms with Crippen LogP contribution in [0.5, 0.6) is 0 Å². The largest absolute Gasteiger partial charge is 0.368 e. The number of hydrogen-bond donors (Lipinski definition) is 1. The van der Waals surface area contributed by atoms with E-state index in [1.54, 1.807) is 0 Å². The van der Waals surface area contributed by atoms with E-state index < -0.39 is 0 Å². The molecule has 2 rings (SSSR count). The fourth-order valence-corrected chi connectivity index (χ4v) is 2.20. The quantitative estimate of drug-likeness (QED) is 0.683. The average molecular weight is 212 g/mol. The van der Waals surface area contributed by atoms with Gasteiger partial charge in [-0.1, -0.05) is 0 Å². The second kappa shape index (κ2) is 5.47. The lowest BCUT2D eigenvalue weighted by Gasteiger charge is -2.27. The van der Waals surface area contributed by atoms with Gasteiger partial charge in [-0.3, -0.25) is 4.79 Å². The highest BCUT2D eigenvalue weighted by Gasteiger charge is 2.27. The monoisotopic (exact) mass is 212 g/mol. The maximum atomic E-state index is 12.0. The van der Waals surface area contributed by atoms with Crippen LogP contribution in [0.25, 0.3) is 0 Å². The Balaban J connectivity index is 1.85. The summed E-state index contributed by atoms with van der Waals surface area (Å²) in [6.07, 6.45) is 4.05. The first-order valence-corrected chi connectivity index (χ1v) is 5.99. The normalized spacial score (nSPS) is 28.5. The summed E-state index contributed by atoms with van der Waals surface area (Å²) in [7, 11) is 0. The summed E-state index contributed by atoms with van der Waals surface area (Å²) in [6, 6.07) is 0. The number of carbonyl (C=O) groups is 1. The molecule has 0 radical (unpaired) electrons. The topological polar surface area (TPSA) is 41.6 Å². The van der Waals surface area contributed by atoms with Crippen molar-refractivity contribution in [1.29, 1.82) is 0 Å². The van der Waals surface area contributed by atoms with Crippen LogP contribution >= 0.6 is 0 Å². The molecule has 2 fully saturated rings. The number of hydrogen-bond acceptors (Lipinski definition) is 3. The second-order valence-electron chi connectivity index (χ2n) is 4.28. The van der Waals surface area contributed by atoms with E-state index in [0.29, 0.717) is 0 Å². The van der Waals surface area contributed by atoms with Crippen molar-refractivity contribution in [3.05, 3.63) is 0 Å². The zero-order valence-corrected chi connectivity index (χ0v) is 9.21. The predicted molar refractivity (Wildman–Crippen MR) is 57.7 cm³/mol. The van der Waals surface area contributed by atoms with Gasteiger partial charge in [-0.15, -0.1) is 0 Å². The second-order valence-corrected chi connectivity index (χ2v) is 4.28. The van der Waals surface area contributed by atoms with E-state index in [4.69, 9.17) is 4.74 Å². The van der Waals surface area contributed by atoms with Crippen molar-refractivity contribution in [3.8, 4) is 0 Å². The van der Waals surface area contributed by atoms with Gasteiger partial charge in [0.2, 0.25) is 0 Å². The molecule has 0 spiro atoms. The van der Waals surface area contributed by atoms with Crippen LogP contribution in [0.2, 0.25) is 0 Å². The minimum atomic E-state index is -0.149. The van der Waals surface area contributed by atoms with Crippen LogP contribution in [-0.2, 0) is 9.53 Å². The van der Waals surface area contributed by atoms with Gasteiger partial charge in [-0.2, -0.15) is 0 Å². The number of nitrogens with one attached hydrogen (secondary N) is 1. The zero-order valence-electron chi connectivity index (χ0n) is 9.21. The summed E-state index contributed by atoms with van der Waals surface area (Å²) in [5.41, 5.74) is 0. The van der Waals surface area contributed by atoms with E-state index in [1.807, 2.05) is 4.90 Å². The van der Waals surface area contributed by atoms with Gasteiger partial charge in [-0.25, -0.2) is 0 Å². The van der Waals surface area contributed by atoms with Crippen molar-refractivity contribution in [1.82, 2.24) is 10.2 Å². The van der Waals surface area contributed by atoms with Gasteiger partial charge in [0.25, 0.3) is 5.91 Å². The number of carbonyl (C=O) groups excluding carboxylic acids is 1. The average Bonchev–Trinajstić information content (AvgIpc) is 2.68. The Morgan fingerprint density at radius 3 is 2.93 bits per heavy atom. The molecular weight excluding hydrogens is 192 g/mol. The van der Waals surface area contributed by atoms with E-state index in [9.17, 15) is 4.79 Å². The Labute approximate surface area is 91.0 Å². The predicted octanol–water partition coefficient (Wildman–Crippen LogP) is 0.377. The SMILES string of the molecule is O=C(C1CCCO1)N1CCCCNCC1. The van der Waals surface area contributed by atoms with Crippen LogP contribution in [0.4, 0.5) is 0 Å². The van der Waals surface area contributed by atoms with Crippen LogP contribution in [-0.4, -0.2) is 49.7 Å². The van der Waals surface area contributed by atoms with Crippen LogP contribution in [0, 0.1) is 0 Å². The molecule has 4 nitrogen and oxygen atoms in total. The molecule has 2 aliphatic rings. The van der Waals surface area contributed by atoms with Crippen molar-refractivity contribution < 1.29 is 9.53 Å². The molecule has 1 unspecified atom stereocenters. The molecule has 4 heteroatoms. The molecule has 2 saturated heterocycles. The van der Waals surface area contributed by atoms with Crippen molar-refractivity contribution >= 4 is 5.91 Å². The Morgan fingerprint density at radius 1 is 1.20 bits per heavy atom. The standard InChI is InChI=1S/C11H20N2O2/c14-11(10-4-3-9-15-10)13-7-2-1-5-12-6-8-13/h10,12H,1-9H2. The lowest BCUT2D eigenvalue weighted by Crippen LogP contribution is -2.44. The first-order valence-electron chi connectivity index (χ1n) is 5.99. The minimum Gasteiger partial charge on any atom is -0.368 e. The van der Waals surface area contributed by atoms with Gasteiger partial charge in [0.05, 0.1) is 0 Å².